The molecule has 10 heteroatoms. The van der Waals surface area contributed by atoms with E-state index in [1.54, 1.807) is 23.1 Å². The molecule has 0 radical (unpaired) electrons. The Kier molecular flexibility index (Phi) is 11.2. The number of amides is 2. The summed E-state index contributed by atoms with van der Waals surface area (Å²) in [5.41, 5.74) is 10.2. The molecule has 1 fully saturated rings. The molecule has 8 nitrogen and oxygen atoms in total. The minimum absolute atomic E-state index is 0.145. The maximum atomic E-state index is 14.2. The second-order valence-corrected chi connectivity index (χ2v) is 16.9. The van der Waals surface area contributed by atoms with Crippen molar-refractivity contribution in [2.75, 3.05) is 36.5 Å². The number of likely N-dealkylation sites (N-methyl/N-ethyl adjacent to an activating group) is 1. The highest BCUT2D eigenvalue weighted by Gasteiger charge is 2.37. The van der Waals surface area contributed by atoms with Crippen molar-refractivity contribution >= 4 is 46.4 Å². The van der Waals surface area contributed by atoms with Crippen LogP contribution in [-0.4, -0.2) is 55.5 Å². The number of halogens is 2. The zero-order valence-electron chi connectivity index (χ0n) is 33.6. The molecule has 9 rings (SSSR count). The highest BCUT2D eigenvalue weighted by atomic mass is 35.5. The summed E-state index contributed by atoms with van der Waals surface area (Å²) in [6, 6.07) is 43.2. The van der Waals surface area contributed by atoms with Gasteiger partial charge >= 0.3 is 0 Å². The smallest absolute Gasteiger partial charge is 0.254 e. The normalized spacial score (nSPS) is 17.2. The fourth-order valence-corrected chi connectivity index (χ4v) is 8.55. The first kappa shape index (κ1) is 39.5. The van der Waals surface area contributed by atoms with E-state index in [0.29, 0.717) is 41.6 Å². The van der Waals surface area contributed by atoms with E-state index >= 15 is 0 Å². The van der Waals surface area contributed by atoms with Gasteiger partial charge in [-0.1, -0.05) is 96.0 Å². The van der Waals surface area contributed by atoms with Gasteiger partial charge in [-0.2, -0.15) is 0 Å². The Morgan fingerprint density at radius 1 is 0.800 bits per heavy atom. The molecule has 3 aliphatic rings. The molecule has 0 aromatic heterocycles. The lowest BCUT2D eigenvalue weighted by Gasteiger charge is -2.39. The minimum Gasteiger partial charge on any atom is -0.489 e. The molecule has 1 saturated heterocycles. The van der Waals surface area contributed by atoms with Gasteiger partial charge in [0.15, 0.2) is 0 Å². The van der Waals surface area contributed by atoms with Crippen LogP contribution in [0.25, 0.3) is 11.1 Å². The molecular formula is C50H46Cl2N4O4. The van der Waals surface area contributed by atoms with Gasteiger partial charge in [0.1, 0.15) is 30.3 Å². The van der Waals surface area contributed by atoms with Crippen molar-refractivity contribution in [1.82, 2.24) is 10.2 Å². The van der Waals surface area contributed by atoms with Crippen LogP contribution in [0.2, 0.25) is 10.0 Å². The van der Waals surface area contributed by atoms with Gasteiger partial charge in [0, 0.05) is 50.4 Å². The van der Waals surface area contributed by atoms with Crippen LogP contribution >= 0.6 is 23.2 Å². The van der Waals surface area contributed by atoms with Crippen LogP contribution in [0.15, 0.2) is 133 Å². The van der Waals surface area contributed by atoms with E-state index in [9.17, 15) is 9.59 Å². The van der Waals surface area contributed by atoms with Gasteiger partial charge in [-0.3, -0.25) is 9.59 Å². The highest BCUT2D eigenvalue weighted by molar-refractivity contribution is 6.42. The molecule has 6 aromatic rings. The van der Waals surface area contributed by atoms with Gasteiger partial charge in [-0.15, -0.1) is 0 Å². The van der Waals surface area contributed by atoms with Crippen molar-refractivity contribution in [3.05, 3.63) is 177 Å². The van der Waals surface area contributed by atoms with Crippen molar-refractivity contribution < 1.29 is 19.1 Å². The number of ether oxygens (including phenoxy) is 2. The van der Waals surface area contributed by atoms with Gasteiger partial charge < -0.3 is 29.5 Å². The highest BCUT2D eigenvalue weighted by Crippen LogP contribution is 2.42. The number of nitrogens with zero attached hydrogens (tertiary/aromatic N) is 3. The average molecular weight is 838 g/mol. The predicted octanol–water partition coefficient (Wildman–Crippen LogP) is 9.94. The maximum absolute atomic E-state index is 14.2. The summed E-state index contributed by atoms with van der Waals surface area (Å²) in [7, 11) is 2.06. The van der Waals surface area contributed by atoms with Crippen molar-refractivity contribution in [2.24, 2.45) is 0 Å². The number of fused-ring (bicyclic) bond motifs is 2. The van der Waals surface area contributed by atoms with Crippen molar-refractivity contribution in [2.45, 2.75) is 51.1 Å². The summed E-state index contributed by atoms with van der Waals surface area (Å²) < 4.78 is 12.7. The van der Waals surface area contributed by atoms with Gasteiger partial charge in [-0.25, -0.2) is 0 Å². The Bertz CT molecular complexity index is 2510. The molecule has 3 unspecified atom stereocenters. The van der Waals surface area contributed by atoms with Gasteiger partial charge in [0.05, 0.1) is 22.3 Å². The van der Waals surface area contributed by atoms with E-state index < -0.39 is 6.04 Å². The second kappa shape index (κ2) is 17.0. The summed E-state index contributed by atoms with van der Waals surface area (Å²) >= 11 is 12.2. The number of anilines is 2. The molecular weight excluding hydrogens is 791 g/mol. The van der Waals surface area contributed by atoms with E-state index in [0.717, 1.165) is 63.7 Å². The number of carbonyl (C=O) groups excluding carboxylic acids is 2. The molecule has 3 aliphatic heterocycles. The first-order valence-corrected chi connectivity index (χ1v) is 21.2. The Hall–Kier alpha value is -5.96. The van der Waals surface area contributed by atoms with E-state index in [1.807, 2.05) is 67.6 Å². The van der Waals surface area contributed by atoms with E-state index in [4.69, 9.17) is 32.7 Å². The molecule has 0 bridgehead atoms. The molecule has 0 saturated carbocycles. The monoisotopic (exact) mass is 836 g/mol. The number of nitrogens with one attached hydrogen (secondary N) is 1. The largest absolute Gasteiger partial charge is 0.489 e. The van der Waals surface area contributed by atoms with Crippen molar-refractivity contribution in [1.29, 1.82) is 0 Å². The molecule has 1 N–H and O–H groups in total. The third-order valence-electron chi connectivity index (χ3n) is 11.7. The third kappa shape index (κ3) is 8.67. The van der Waals surface area contributed by atoms with Crippen LogP contribution in [0, 0.1) is 0 Å². The second-order valence-electron chi connectivity index (χ2n) is 16.0. The van der Waals surface area contributed by atoms with E-state index in [1.165, 1.54) is 11.3 Å². The van der Waals surface area contributed by atoms with Crippen molar-refractivity contribution in [3.8, 4) is 22.6 Å². The van der Waals surface area contributed by atoms with E-state index in [2.05, 4.69) is 76.8 Å². The van der Waals surface area contributed by atoms with E-state index in [-0.39, 0.29) is 30.5 Å². The molecule has 0 spiro atoms. The predicted molar refractivity (Wildman–Crippen MR) is 240 cm³/mol. The molecule has 304 valence electrons. The maximum Gasteiger partial charge on any atom is 0.254 e. The topological polar surface area (TPSA) is 74.1 Å². The first-order chi connectivity index (χ1) is 29.1. The van der Waals surface area contributed by atoms with Crippen LogP contribution in [0.3, 0.4) is 0 Å². The molecule has 6 aromatic carbocycles. The molecule has 2 amide bonds. The number of carbonyl (C=O) groups is 2. The van der Waals surface area contributed by atoms with Crippen LogP contribution in [0.1, 0.15) is 51.2 Å². The Morgan fingerprint density at radius 2 is 1.50 bits per heavy atom. The lowest BCUT2D eigenvalue weighted by atomic mass is 9.91. The average Bonchev–Trinajstić information content (AvgIpc) is 4.12. The third-order valence-corrected chi connectivity index (χ3v) is 12.4. The Morgan fingerprint density at radius 3 is 2.20 bits per heavy atom. The number of hydrogen-bond donors (Lipinski definition) is 1. The fraction of sp³-hybridized carbons (Fsp3) is 0.240. The standard InChI is InChI=1S/C50H46Cl2N4O4/c1-32(24-33-8-11-35(12-9-33)36-13-17-41(18-14-36)55-22-23-55)53-49(57)46-27-39-26-45-47(28-40(39)29-56(46)50(58)38-6-4-3-5-7-38)60-48(30-54(45)2)37-15-19-42(20-16-37)59-31-34-10-21-43(51)44(52)25-34/h3-21,25-26,28,32,46,48H,22-24,27,29-31H2,1-2H3,(H,53,57). The van der Waals surface area contributed by atoms with Gasteiger partial charge in [0.25, 0.3) is 5.91 Å². The van der Waals surface area contributed by atoms with Crippen LogP contribution in [-0.2, 0) is 30.8 Å². The number of hydrogen-bond acceptors (Lipinski definition) is 6. The Balaban J connectivity index is 0.886. The van der Waals surface area contributed by atoms with Crippen LogP contribution < -0.4 is 24.6 Å². The molecule has 3 atom stereocenters. The minimum atomic E-state index is -0.678. The summed E-state index contributed by atoms with van der Waals surface area (Å²) in [6.45, 7) is 5.58. The summed E-state index contributed by atoms with van der Waals surface area (Å²) in [6.07, 6.45) is 0.844. The zero-order chi connectivity index (χ0) is 41.3. The summed E-state index contributed by atoms with van der Waals surface area (Å²) in [4.78, 5) is 34.6. The molecule has 60 heavy (non-hydrogen) atoms. The van der Waals surface area contributed by atoms with Crippen molar-refractivity contribution in [3.63, 3.8) is 0 Å². The van der Waals surface area contributed by atoms with Crippen LogP contribution in [0.5, 0.6) is 11.5 Å². The zero-order valence-corrected chi connectivity index (χ0v) is 35.1. The molecule has 3 heterocycles. The lowest BCUT2D eigenvalue weighted by molar-refractivity contribution is -0.126. The summed E-state index contributed by atoms with van der Waals surface area (Å²) in [5, 5.41) is 4.27. The summed E-state index contributed by atoms with van der Waals surface area (Å²) in [5.74, 6) is 1.14. The number of benzene rings is 6. The quantitative estimate of drug-likeness (QED) is 0.131. The van der Waals surface area contributed by atoms with Gasteiger partial charge in [0.2, 0.25) is 5.91 Å². The first-order valence-electron chi connectivity index (χ1n) is 20.5. The fourth-order valence-electron chi connectivity index (χ4n) is 8.23. The Labute approximate surface area is 361 Å². The van der Waals surface area contributed by atoms with Gasteiger partial charge in [-0.05, 0) is 113 Å². The molecule has 0 aliphatic carbocycles. The SMILES string of the molecule is CC(Cc1ccc(-c2ccc(N3CC3)cc2)cc1)NC(=O)C1Cc2cc3c(cc2CN1C(=O)c1ccccc1)OC(c1ccc(OCc2ccc(Cl)c(Cl)c2)cc1)CN3C. The lowest BCUT2D eigenvalue weighted by Crippen LogP contribution is -2.54. The number of rotatable bonds is 11. The van der Waals surface area contributed by atoms with Crippen LogP contribution in [0.4, 0.5) is 11.4 Å².